The van der Waals surface area contributed by atoms with Gasteiger partial charge in [-0.1, -0.05) is 6.07 Å². The highest BCUT2D eigenvalue weighted by Crippen LogP contribution is 2.25. The fourth-order valence-electron chi connectivity index (χ4n) is 3.37. The summed E-state index contributed by atoms with van der Waals surface area (Å²) in [4.78, 5) is 9.19. The number of aromatic amines is 1. The smallest absolute Gasteiger partial charge is 0.154 e. The average Bonchev–Trinajstić information content (AvgIpc) is 3.27. The average molecular weight is 333 g/mol. The Labute approximate surface area is 144 Å². The zero-order chi connectivity index (χ0) is 16.8. The number of anilines is 1. The van der Waals surface area contributed by atoms with Crippen LogP contribution in [0, 0.1) is 0 Å². The van der Waals surface area contributed by atoms with Crippen molar-refractivity contribution in [1.82, 2.24) is 29.7 Å². The Hall–Kier alpha value is -2.93. The third kappa shape index (κ3) is 2.44. The molecule has 3 aromatic heterocycles. The molecule has 25 heavy (non-hydrogen) atoms. The first-order valence-electron chi connectivity index (χ1n) is 8.50. The third-order valence-electron chi connectivity index (χ3n) is 4.91. The summed E-state index contributed by atoms with van der Waals surface area (Å²) in [6.45, 7) is 4.13. The van der Waals surface area contributed by atoms with Crippen molar-refractivity contribution in [2.75, 3.05) is 38.1 Å². The number of hydrogen-bond acceptors (Lipinski definition) is 5. The van der Waals surface area contributed by atoms with Crippen molar-refractivity contribution in [1.29, 1.82) is 0 Å². The lowest BCUT2D eigenvalue weighted by Gasteiger charge is -2.33. The lowest BCUT2D eigenvalue weighted by molar-refractivity contribution is 0.311. The van der Waals surface area contributed by atoms with E-state index in [2.05, 4.69) is 50.2 Å². The Kier molecular flexibility index (Phi) is 3.21. The molecule has 7 nitrogen and oxygen atoms in total. The highest BCUT2D eigenvalue weighted by molar-refractivity contribution is 5.83. The minimum atomic E-state index is 0.861. The monoisotopic (exact) mass is 333 g/mol. The zero-order valence-corrected chi connectivity index (χ0v) is 14.1. The molecular formula is C18H19N7. The van der Waals surface area contributed by atoms with Crippen molar-refractivity contribution >= 4 is 22.4 Å². The van der Waals surface area contributed by atoms with Crippen LogP contribution in [0.3, 0.4) is 0 Å². The minimum absolute atomic E-state index is 0.861. The lowest BCUT2D eigenvalue weighted by atomic mass is 10.1. The number of H-pyrrole nitrogens is 1. The topological polar surface area (TPSA) is 65.3 Å². The number of hydrogen-bond donors (Lipinski definition) is 1. The molecule has 1 aliphatic heterocycles. The molecule has 0 bridgehead atoms. The molecule has 4 aromatic rings. The van der Waals surface area contributed by atoms with Crippen LogP contribution in [0.5, 0.6) is 0 Å². The van der Waals surface area contributed by atoms with Crippen LogP contribution in [0.4, 0.5) is 5.82 Å². The second kappa shape index (κ2) is 5.56. The molecule has 7 heteroatoms. The first-order chi connectivity index (χ1) is 12.3. The van der Waals surface area contributed by atoms with E-state index in [9.17, 15) is 0 Å². The van der Waals surface area contributed by atoms with Gasteiger partial charge in [-0.15, -0.1) is 5.10 Å². The predicted octanol–water partition coefficient (Wildman–Crippen LogP) is 2.02. The molecule has 0 radical (unpaired) electrons. The number of rotatable bonds is 2. The van der Waals surface area contributed by atoms with Crippen LogP contribution in [-0.4, -0.2) is 62.9 Å². The Morgan fingerprint density at radius 3 is 2.76 bits per heavy atom. The summed E-state index contributed by atoms with van der Waals surface area (Å²) in [5.74, 6) is 1.00. The molecule has 1 fully saturated rings. The third-order valence-corrected chi connectivity index (χ3v) is 4.91. The van der Waals surface area contributed by atoms with Crippen LogP contribution in [0.2, 0.25) is 0 Å². The van der Waals surface area contributed by atoms with E-state index in [0.29, 0.717) is 0 Å². The maximum Gasteiger partial charge on any atom is 0.154 e. The van der Waals surface area contributed by atoms with Crippen molar-refractivity contribution in [2.45, 2.75) is 0 Å². The number of imidazole rings is 1. The van der Waals surface area contributed by atoms with Gasteiger partial charge in [0, 0.05) is 37.1 Å². The Morgan fingerprint density at radius 2 is 1.88 bits per heavy atom. The van der Waals surface area contributed by atoms with Crippen LogP contribution in [-0.2, 0) is 0 Å². The van der Waals surface area contributed by atoms with Crippen molar-refractivity contribution in [2.24, 2.45) is 0 Å². The number of likely N-dealkylation sites (N-methyl/N-ethyl adjacent to an activating group) is 1. The van der Waals surface area contributed by atoms with Crippen molar-refractivity contribution < 1.29 is 0 Å². The summed E-state index contributed by atoms with van der Waals surface area (Å²) in [5.41, 5.74) is 3.97. The number of nitrogens with zero attached hydrogens (tertiary/aromatic N) is 6. The Bertz CT molecular complexity index is 1040. The van der Waals surface area contributed by atoms with E-state index in [1.54, 1.807) is 0 Å². The number of piperazine rings is 1. The van der Waals surface area contributed by atoms with Crippen molar-refractivity contribution in [3.8, 4) is 11.3 Å². The molecule has 1 aliphatic rings. The fourth-order valence-corrected chi connectivity index (χ4v) is 3.37. The highest BCUT2D eigenvalue weighted by Gasteiger charge is 2.17. The Morgan fingerprint density at radius 1 is 1.00 bits per heavy atom. The standard InChI is InChI=1S/C18H19N7/c1-23-6-8-24(9-7-23)18-5-4-17-19-12-16(25(17)22-18)13-2-3-15-14(10-13)11-20-21-15/h2-5,10-12H,6-9H2,1H3,(H,20,21). The summed E-state index contributed by atoms with van der Waals surface area (Å²) < 4.78 is 1.94. The summed E-state index contributed by atoms with van der Waals surface area (Å²) in [6.07, 6.45) is 3.72. The summed E-state index contributed by atoms with van der Waals surface area (Å²) in [7, 11) is 2.16. The van der Waals surface area contributed by atoms with Gasteiger partial charge < -0.3 is 9.80 Å². The largest absolute Gasteiger partial charge is 0.353 e. The van der Waals surface area contributed by atoms with E-state index in [-0.39, 0.29) is 0 Å². The van der Waals surface area contributed by atoms with Crippen LogP contribution in [0.25, 0.3) is 27.8 Å². The summed E-state index contributed by atoms with van der Waals surface area (Å²) in [6, 6.07) is 10.3. The van der Waals surface area contributed by atoms with E-state index in [4.69, 9.17) is 5.10 Å². The molecule has 0 spiro atoms. The molecule has 0 amide bonds. The van der Waals surface area contributed by atoms with Crippen LogP contribution < -0.4 is 4.90 Å². The number of fused-ring (bicyclic) bond motifs is 2. The molecule has 0 atom stereocenters. The van der Waals surface area contributed by atoms with Gasteiger partial charge in [0.1, 0.15) is 5.82 Å². The molecule has 1 aromatic carbocycles. The van der Waals surface area contributed by atoms with Gasteiger partial charge in [-0.2, -0.15) is 5.10 Å². The molecule has 1 saturated heterocycles. The predicted molar refractivity (Wildman–Crippen MR) is 97.8 cm³/mol. The van der Waals surface area contributed by atoms with Gasteiger partial charge in [0.2, 0.25) is 0 Å². The number of benzene rings is 1. The molecule has 0 aliphatic carbocycles. The van der Waals surface area contributed by atoms with Crippen LogP contribution >= 0.6 is 0 Å². The molecule has 4 heterocycles. The first kappa shape index (κ1) is 14.4. The van der Waals surface area contributed by atoms with Gasteiger partial charge in [-0.05, 0) is 31.3 Å². The molecule has 126 valence electrons. The van der Waals surface area contributed by atoms with Crippen LogP contribution in [0.1, 0.15) is 0 Å². The minimum Gasteiger partial charge on any atom is -0.353 e. The summed E-state index contributed by atoms with van der Waals surface area (Å²) in [5, 5.41) is 13.0. The Balaban J connectivity index is 1.57. The SMILES string of the molecule is CN1CCN(c2ccc3ncc(-c4ccc5[nH]ncc5c4)n3n2)CC1. The van der Waals surface area contributed by atoms with E-state index < -0.39 is 0 Å². The van der Waals surface area contributed by atoms with Gasteiger partial charge in [0.25, 0.3) is 0 Å². The number of aromatic nitrogens is 5. The van der Waals surface area contributed by atoms with Gasteiger partial charge >= 0.3 is 0 Å². The lowest BCUT2D eigenvalue weighted by Crippen LogP contribution is -2.44. The van der Waals surface area contributed by atoms with E-state index >= 15 is 0 Å². The molecule has 0 saturated carbocycles. The van der Waals surface area contributed by atoms with E-state index in [0.717, 1.165) is 59.8 Å². The second-order valence-electron chi connectivity index (χ2n) is 6.57. The van der Waals surface area contributed by atoms with Crippen molar-refractivity contribution in [3.63, 3.8) is 0 Å². The second-order valence-corrected chi connectivity index (χ2v) is 6.57. The van der Waals surface area contributed by atoms with Gasteiger partial charge in [-0.3, -0.25) is 5.10 Å². The van der Waals surface area contributed by atoms with Crippen molar-refractivity contribution in [3.05, 3.63) is 42.7 Å². The molecule has 0 unspecified atom stereocenters. The van der Waals surface area contributed by atoms with Gasteiger partial charge in [0.15, 0.2) is 5.65 Å². The van der Waals surface area contributed by atoms with E-state index in [1.807, 2.05) is 29.0 Å². The quantitative estimate of drug-likeness (QED) is 0.608. The van der Waals surface area contributed by atoms with Gasteiger partial charge in [0.05, 0.1) is 23.6 Å². The highest BCUT2D eigenvalue weighted by atomic mass is 15.4. The van der Waals surface area contributed by atoms with Crippen LogP contribution in [0.15, 0.2) is 42.7 Å². The number of nitrogens with one attached hydrogen (secondary N) is 1. The maximum absolute atomic E-state index is 4.87. The van der Waals surface area contributed by atoms with Gasteiger partial charge in [-0.25, -0.2) is 9.50 Å². The fraction of sp³-hybridized carbons (Fsp3) is 0.278. The molecule has 5 rings (SSSR count). The first-order valence-corrected chi connectivity index (χ1v) is 8.50. The zero-order valence-electron chi connectivity index (χ0n) is 14.1. The summed E-state index contributed by atoms with van der Waals surface area (Å²) >= 11 is 0. The van der Waals surface area contributed by atoms with E-state index in [1.165, 1.54) is 0 Å². The molecular weight excluding hydrogens is 314 g/mol. The molecule has 1 N–H and O–H groups in total. The normalized spacial score (nSPS) is 16.1. The maximum atomic E-state index is 4.87.